The topological polar surface area (TPSA) is 28.2 Å². The molecule has 0 atom stereocenters. The molecule has 2 rings (SSSR count). The van der Waals surface area contributed by atoms with Gasteiger partial charge in [0.05, 0.1) is 22.9 Å². The zero-order valence-corrected chi connectivity index (χ0v) is 11.3. The number of aromatic nitrogens is 1. The van der Waals surface area contributed by atoms with Crippen molar-refractivity contribution in [1.29, 1.82) is 0 Å². The molecule has 3 nitrogen and oxygen atoms in total. The van der Waals surface area contributed by atoms with Crippen molar-refractivity contribution in [3.63, 3.8) is 0 Å². The first-order chi connectivity index (χ1) is 8.66. The maximum Gasteiger partial charge on any atom is 0.0659 e. The predicted octanol–water partition coefficient (Wildman–Crippen LogP) is 3.41. The molecule has 0 unspecified atom stereocenters. The minimum absolute atomic E-state index is 0.693. The zero-order chi connectivity index (χ0) is 13.0. The number of nitrogens with one attached hydrogen (secondary N) is 1. The van der Waals surface area contributed by atoms with Crippen LogP contribution < -0.4 is 10.2 Å². The first kappa shape index (κ1) is 12.7. The smallest absolute Gasteiger partial charge is 0.0659 e. The van der Waals surface area contributed by atoms with Gasteiger partial charge in [-0.25, -0.2) is 0 Å². The van der Waals surface area contributed by atoms with Crippen LogP contribution in [0.3, 0.4) is 0 Å². The van der Waals surface area contributed by atoms with Crippen LogP contribution in [-0.4, -0.2) is 19.1 Å². The zero-order valence-electron chi connectivity index (χ0n) is 10.5. The summed E-state index contributed by atoms with van der Waals surface area (Å²) >= 11 is 6.21. The Labute approximate surface area is 112 Å². The fourth-order valence-electron chi connectivity index (χ4n) is 1.67. The van der Waals surface area contributed by atoms with Gasteiger partial charge in [-0.3, -0.25) is 4.98 Å². The molecule has 0 aliphatic rings. The van der Waals surface area contributed by atoms with Gasteiger partial charge in [0.25, 0.3) is 0 Å². The molecule has 0 bridgehead atoms. The third-order valence-electron chi connectivity index (χ3n) is 2.63. The number of hydrogen-bond donors (Lipinski definition) is 1. The number of rotatable bonds is 4. The quantitative estimate of drug-likeness (QED) is 0.914. The van der Waals surface area contributed by atoms with E-state index in [1.807, 2.05) is 55.4 Å². The summed E-state index contributed by atoms with van der Waals surface area (Å²) < 4.78 is 0. The highest BCUT2D eigenvalue weighted by Crippen LogP contribution is 2.27. The normalized spacial score (nSPS) is 10.2. The molecule has 0 amide bonds. The standard InChI is InChI=1S/C14H16ClN3/c1-18(2)14-7-6-11(9-13(14)15)17-10-12-5-3-4-8-16-12/h3-9,17H,10H2,1-2H3. The van der Waals surface area contributed by atoms with Crippen molar-refractivity contribution in [2.24, 2.45) is 0 Å². The molecule has 0 aliphatic carbocycles. The van der Waals surface area contributed by atoms with Gasteiger partial charge in [0.15, 0.2) is 0 Å². The summed E-state index contributed by atoms with van der Waals surface area (Å²) in [6.07, 6.45) is 1.79. The van der Waals surface area contributed by atoms with Gasteiger partial charge in [0, 0.05) is 26.0 Å². The van der Waals surface area contributed by atoms with Gasteiger partial charge >= 0.3 is 0 Å². The molecule has 18 heavy (non-hydrogen) atoms. The highest BCUT2D eigenvalue weighted by molar-refractivity contribution is 6.33. The van der Waals surface area contributed by atoms with Crippen LogP contribution >= 0.6 is 11.6 Å². The summed E-state index contributed by atoms with van der Waals surface area (Å²) in [7, 11) is 3.95. The van der Waals surface area contributed by atoms with Crippen molar-refractivity contribution >= 4 is 23.0 Å². The van der Waals surface area contributed by atoms with Crippen LogP contribution in [-0.2, 0) is 6.54 Å². The molecule has 0 aliphatic heterocycles. The second-order valence-electron chi connectivity index (χ2n) is 4.24. The number of benzene rings is 1. The third kappa shape index (κ3) is 3.14. The molecular formula is C14H16ClN3. The minimum Gasteiger partial charge on any atom is -0.379 e. The van der Waals surface area contributed by atoms with Gasteiger partial charge in [0.1, 0.15) is 0 Å². The molecule has 2 aromatic rings. The van der Waals surface area contributed by atoms with Crippen LogP contribution in [0.4, 0.5) is 11.4 Å². The molecule has 4 heteroatoms. The Hall–Kier alpha value is -1.74. The SMILES string of the molecule is CN(C)c1ccc(NCc2ccccn2)cc1Cl. The van der Waals surface area contributed by atoms with Gasteiger partial charge < -0.3 is 10.2 Å². The monoisotopic (exact) mass is 261 g/mol. The maximum atomic E-state index is 6.21. The number of halogens is 1. The summed E-state index contributed by atoms with van der Waals surface area (Å²) in [5, 5.41) is 4.04. The molecule has 1 aromatic heterocycles. The largest absolute Gasteiger partial charge is 0.379 e. The Morgan fingerprint density at radius 1 is 1.22 bits per heavy atom. The van der Waals surface area contributed by atoms with Crippen LogP contribution in [0.25, 0.3) is 0 Å². The lowest BCUT2D eigenvalue weighted by molar-refractivity contribution is 1.04. The Morgan fingerprint density at radius 3 is 2.67 bits per heavy atom. The number of nitrogens with zero attached hydrogens (tertiary/aromatic N) is 2. The van der Waals surface area contributed by atoms with E-state index in [2.05, 4.69) is 10.3 Å². The van der Waals surface area contributed by atoms with E-state index in [0.717, 1.165) is 22.1 Å². The highest BCUT2D eigenvalue weighted by Gasteiger charge is 2.03. The summed E-state index contributed by atoms with van der Waals surface area (Å²) in [6.45, 7) is 0.693. The second-order valence-corrected chi connectivity index (χ2v) is 4.64. The van der Waals surface area contributed by atoms with Gasteiger partial charge in [0.2, 0.25) is 0 Å². The van der Waals surface area contributed by atoms with Gasteiger partial charge in [-0.2, -0.15) is 0 Å². The lowest BCUT2D eigenvalue weighted by atomic mass is 10.2. The molecule has 1 aromatic carbocycles. The van der Waals surface area contributed by atoms with E-state index in [0.29, 0.717) is 6.54 Å². The maximum absolute atomic E-state index is 6.21. The van der Waals surface area contributed by atoms with Crippen molar-refractivity contribution in [2.75, 3.05) is 24.3 Å². The molecule has 0 radical (unpaired) electrons. The van der Waals surface area contributed by atoms with E-state index < -0.39 is 0 Å². The van der Waals surface area contributed by atoms with E-state index in [-0.39, 0.29) is 0 Å². The lowest BCUT2D eigenvalue weighted by Gasteiger charge is -2.15. The first-order valence-corrected chi connectivity index (χ1v) is 6.15. The average Bonchev–Trinajstić information content (AvgIpc) is 2.37. The third-order valence-corrected chi connectivity index (χ3v) is 2.93. The molecule has 0 spiro atoms. The van der Waals surface area contributed by atoms with Crippen molar-refractivity contribution in [3.05, 3.63) is 53.3 Å². The second kappa shape index (κ2) is 5.74. The van der Waals surface area contributed by atoms with E-state index in [4.69, 9.17) is 11.6 Å². The van der Waals surface area contributed by atoms with Gasteiger partial charge in [-0.1, -0.05) is 17.7 Å². The molecule has 0 saturated carbocycles. The summed E-state index contributed by atoms with van der Waals surface area (Å²) in [4.78, 5) is 6.25. The van der Waals surface area contributed by atoms with Crippen LogP contribution in [0.5, 0.6) is 0 Å². The van der Waals surface area contributed by atoms with Gasteiger partial charge in [-0.15, -0.1) is 0 Å². The number of hydrogen-bond acceptors (Lipinski definition) is 3. The van der Waals surface area contributed by atoms with Crippen molar-refractivity contribution in [3.8, 4) is 0 Å². The number of anilines is 2. The molecule has 0 saturated heterocycles. The number of pyridine rings is 1. The van der Waals surface area contributed by atoms with Crippen LogP contribution in [0.1, 0.15) is 5.69 Å². The summed E-state index contributed by atoms with van der Waals surface area (Å²) in [5.74, 6) is 0. The van der Waals surface area contributed by atoms with Gasteiger partial charge in [-0.05, 0) is 30.3 Å². The Bertz CT molecular complexity index is 512. The lowest BCUT2D eigenvalue weighted by Crippen LogP contribution is -2.09. The fourth-order valence-corrected chi connectivity index (χ4v) is 2.02. The molecule has 1 heterocycles. The molecular weight excluding hydrogens is 246 g/mol. The van der Waals surface area contributed by atoms with E-state index in [1.165, 1.54) is 0 Å². The van der Waals surface area contributed by atoms with E-state index in [1.54, 1.807) is 6.20 Å². The van der Waals surface area contributed by atoms with Crippen molar-refractivity contribution < 1.29 is 0 Å². The Morgan fingerprint density at radius 2 is 2.06 bits per heavy atom. The first-order valence-electron chi connectivity index (χ1n) is 5.77. The molecule has 0 fully saturated rings. The molecule has 94 valence electrons. The van der Waals surface area contributed by atoms with E-state index in [9.17, 15) is 0 Å². The predicted molar refractivity (Wildman–Crippen MR) is 77.3 cm³/mol. The Balaban J connectivity index is 2.05. The summed E-state index contributed by atoms with van der Waals surface area (Å²) in [6, 6.07) is 11.8. The van der Waals surface area contributed by atoms with Crippen LogP contribution in [0.2, 0.25) is 5.02 Å². The molecule has 1 N–H and O–H groups in total. The van der Waals surface area contributed by atoms with Crippen molar-refractivity contribution in [2.45, 2.75) is 6.54 Å². The Kier molecular flexibility index (Phi) is 4.05. The summed E-state index contributed by atoms with van der Waals surface area (Å²) in [5.41, 5.74) is 3.02. The van der Waals surface area contributed by atoms with E-state index >= 15 is 0 Å². The fraction of sp³-hybridized carbons (Fsp3) is 0.214. The van der Waals surface area contributed by atoms with Crippen molar-refractivity contribution in [1.82, 2.24) is 4.98 Å². The average molecular weight is 262 g/mol. The minimum atomic E-state index is 0.693. The van der Waals surface area contributed by atoms with Crippen LogP contribution in [0.15, 0.2) is 42.6 Å². The highest BCUT2D eigenvalue weighted by atomic mass is 35.5. The van der Waals surface area contributed by atoms with Crippen LogP contribution in [0, 0.1) is 0 Å².